The highest BCUT2D eigenvalue weighted by Crippen LogP contribution is 2.48. The Morgan fingerprint density at radius 2 is 2.17 bits per heavy atom. The minimum absolute atomic E-state index is 0.0994. The van der Waals surface area contributed by atoms with Crippen LogP contribution in [-0.4, -0.2) is 23.7 Å². The smallest absolute Gasteiger partial charge is 0.306 e. The van der Waals surface area contributed by atoms with Crippen molar-refractivity contribution in [3.8, 4) is 0 Å². The van der Waals surface area contributed by atoms with Crippen molar-refractivity contribution in [1.82, 2.24) is 0 Å². The molecule has 18 heavy (non-hydrogen) atoms. The van der Waals surface area contributed by atoms with Gasteiger partial charge in [0.2, 0.25) is 0 Å². The summed E-state index contributed by atoms with van der Waals surface area (Å²) >= 11 is 0. The SMILES string of the molecule is C=C1CC[C@@H]2[C@H]([C@@H]1OC=O)[C@H](C(=O)O)CC[C@H]2C. The van der Waals surface area contributed by atoms with Gasteiger partial charge in [0.05, 0.1) is 5.92 Å². The third-order valence-electron chi connectivity index (χ3n) is 4.69. The Hall–Kier alpha value is -1.32. The van der Waals surface area contributed by atoms with E-state index in [4.69, 9.17) is 4.74 Å². The van der Waals surface area contributed by atoms with E-state index in [-0.39, 0.29) is 5.92 Å². The molecule has 0 aromatic carbocycles. The van der Waals surface area contributed by atoms with Gasteiger partial charge in [-0.15, -0.1) is 0 Å². The minimum atomic E-state index is -0.772. The van der Waals surface area contributed by atoms with Crippen LogP contribution in [0, 0.1) is 23.7 Å². The van der Waals surface area contributed by atoms with Crippen LogP contribution in [0.15, 0.2) is 12.2 Å². The maximum absolute atomic E-state index is 11.4. The summed E-state index contributed by atoms with van der Waals surface area (Å²) in [6.45, 7) is 6.54. The predicted molar refractivity (Wildman–Crippen MR) is 65.8 cm³/mol. The van der Waals surface area contributed by atoms with Gasteiger partial charge in [-0.25, -0.2) is 0 Å². The fourth-order valence-corrected chi connectivity index (χ4v) is 3.74. The average molecular weight is 252 g/mol. The second kappa shape index (κ2) is 5.12. The molecule has 2 aliphatic rings. The zero-order chi connectivity index (χ0) is 13.3. The minimum Gasteiger partial charge on any atom is -0.481 e. The number of aliphatic carboxylic acids is 1. The lowest BCUT2D eigenvalue weighted by Crippen LogP contribution is -2.48. The molecule has 0 radical (unpaired) electrons. The summed E-state index contributed by atoms with van der Waals surface area (Å²) in [5, 5.41) is 9.36. The van der Waals surface area contributed by atoms with Gasteiger partial charge >= 0.3 is 5.97 Å². The molecule has 0 spiro atoms. The van der Waals surface area contributed by atoms with Crippen molar-refractivity contribution >= 4 is 12.4 Å². The fraction of sp³-hybridized carbons (Fsp3) is 0.714. The summed E-state index contributed by atoms with van der Waals surface area (Å²) in [6.07, 6.45) is 3.00. The van der Waals surface area contributed by atoms with Gasteiger partial charge < -0.3 is 9.84 Å². The molecule has 2 saturated carbocycles. The van der Waals surface area contributed by atoms with E-state index >= 15 is 0 Å². The Balaban J connectivity index is 2.30. The van der Waals surface area contributed by atoms with Gasteiger partial charge in [-0.1, -0.05) is 13.5 Å². The molecule has 4 nitrogen and oxygen atoms in total. The number of hydrogen-bond donors (Lipinski definition) is 1. The van der Waals surface area contributed by atoms with Crippen molar-refractivity contribution in [1.29, 1.82) is 0 Å². The summed E-state index contributed by atoms with van der Waals surface area (Å²) in [5.74, 6) is -0.455. The van der Waals surface area contributed by atoms with Crippen LogP contribution >= 0.6 is 0 Å². The van der Waals surface area contributed by atoms with Crippen molar-refractivity contribution < 1.29 is 19.4 Å². The molecule has 1 N–H and O–H groups in total. The lowest BCUT2D eigenvalue weighted by Gasteiger charge is -2.47. The first-order chi connectivity index (χ1) is 8.56. The van der Waals surface area contributed by atoms with Crippen LogP contribution in [0.3, 0.4) is 0 Å². The summed E-state index contributed by atoms with van der Waals surface area (Å²) < 4.78 is 5.15. The van der Waals surface area contributed by atoms with E-state index in [1.807, 2.05) is 0 Å². The highest BCUT2D eigenvalue weighted by Gasteiger charge is 2.48. The molecule has 0 heterocycles. The summed E-state index contributed by atoms with van der Waals surface area (Å²) in [4.78, 5) is 22.0. The molecule has 0 unspecified atom stereocenters. The van der Waals surface area contributed by atoms with Gasteiger partial charge in [-0.05, 0) is 43.1 Å². The first-order valence-electron chi connectivity index (χ1n) is 6.55. The van der Waals surface area contributed by atoms with Crippen LogP contribution in [0.25, 0.3) is 0 Å². The van der Waals surface area contributed by atoms with Crippen LogP contribution < -0.4 is 0 Å². The number of hydrogen-bond acceptors (Lipinski definition) is 3. The van der Waals surface area contributed by atoms with Crippen molar-refractivity contribution in [2.24, 2.45) is 23.7 Å². The largest absolute Gasteiger partial charge is 0.481 e. The lowest BCUT2D eigenvalue weighted by molar-refractivity contribution is -0.156. The van der Waals surface area contributed by atoms with Crippen molar-refractivity contribution in [2.75, 3.05) is 0 Å². The van der Waals surface area contributed by atoms with Crippen molar-refractivity contribution in [3.63, 3.8) is 0 Å². The van der Waals surface area contributed by atoms with Crippen LogP contribution in [0.5, 0.6) is 0 Å². The van der Waals surface area contributed by atoms with Gasteiger partial charge in [-0.2, -0.15) is 0 Å². The number of fused-ring (bicyclic) bond motifs is 1. The summed E-state index contributed by atoms with van der Waals surface area (Å²) in [5.41, 5.74) is 0.865. The molecule has 0 amide bonds. The molecule has 2 aliphatic carbocycles. The monoisotopic (exact) mass is 252 g/mol. The zero-order valence-corrected chi connectivity index (χ0v) is 10.7. The Bertz CT molecular complexity index is 363. The molecule has 100 valence electrons. The lowest BCUT2D eigenvalue weighted by atomic mass is 9.59. The third-order valence-corrected chi connectivity index (χ3v) is 4.69. The molecule has 2 fully saturated rings. The molecule has 4 heteroatoms. The van der Waals surface area contributed by atoms with Crippen LogP contribution in [0.1, 0.15) is 32.6 Å². The molecule has 5 atom stereocenters. The number of carbonyl (C=O) groups is 2. The second-order valence-corrected chi connectivity index (χ2v) is 5.59. The quantitative estimate of drug-likeness (QED) is 0.618. The average Bonchev–Trinajstić information content (AvgIpc) is 2.33. The van der Waals surface area contributed by atoms with E-state index < -0.39 is 18.0 Å². The van der Waals surface area contributed by atoms with Gasteiger partial charge in [0, 0.05) is 5.92 Å². The molecule has 0 aliphatic heterocycles. The van der Waals surface area contributed by atoms with E-state index in [2.05, 4.69) is 13.5 Å². The fourth-order valence-electron chi connectivity index (χ4n) is 3.74. The Morgan fingerprint density at radius 3 is 2.78 bits per heavy atom. The van der Waals surface area contributed by atoms with E-state index in [0.717, 1.165) is 24.8 Å². The Morgan fingerprint density at radius 1 is 1.44 bits per heavy atom. The Labute approximate surface area is 107 Å². The van der Waals surface area contributed by atoms with Gasteiger partial charge in [0.15, 0.2) is 0 Å². The van der Waals surface area contributed by atoms with Gasteiger partial charge in [0.1, 0.15) is 6.10 Å². The standard InChI is InChI=1S/C14H20O4/c1-8-3-6-11(14(16)17)12-10(8)5-4-9(2)13(12)18-7-15/h7-8,10-13H,2-6H2,1H3,(H,16,17)/t8-,10+,11-,12+,13-/m1/s1. The van der Waals surface area contributed by atoms with E-state index in [9.17, 15) is 14.7 Å². The van der Waals surface area contributed by atoms with E-state index in [0.29, 0.717) is 24.7 Å². The van der Waals surface area contributed by atoms with E-state index in [1.165, 1.54) is 0 Å². The van der Waals surface area contributed by atoms with Crippen LogP contribution in [0.4, 0.5) is 0 Å². The molecule has 0 aromatic rings. The number of carboxylic acids is 1. The predicted octanol–water partition coefficient (Wildman–Crippen LogP) is 2.24. The van der Waals surface area contributed by atoms with Gasteiger partial charge in [-0.3, -0.25) is 9.59 Å². The van der Waals surface area contributed by atoms with Crippen LogP contribution in [-0.2, 0) is 14.3 Å². The molecular formula is C14H20O4. The normalized spacial score (nSPS) is 39.8. The Kier molecular flexibility index (Phi) is 3.73. The first kappa shape index (κ1) is 13.1. The van der Waals surface area contributed by atoms with Crippen molar-refractivity contribution in [2.45, 2.75) is 38.7 Å². The molecule has 2 rings (SSSR count). The van der Waals surface area contributed by atoms with E-state index in [1.54, 1.807) is 0 Å². The molecule has 0 aromatic heterocycles. The summed E-state index contributed by atoms with van der Waals surface area (Å²) in [7, 11) is 0. The summed E-state index contributed by atoms with van der Waals surface area (Å²) in [6, 6.07) is 0. The molecule has 0 saturated heterocycles. The molecule has 0 bridgehead atoms. The zero-order valence-electron chi connectivity index (χ0n) is 10.7. The second-order valence-electron chi connectivity index (χ2n) is 5.59. The van der Waals surface area contributed by atoms with Crippen molar-refractivity contribution in [3.05, 3.63) is 12.2 Å². The van der Waals surface area contributed by atoms with Crippen LogP contribution in [0.2, 0.25) is 0 Å². The maximum Gasteiger partial charge on any atom is 0.306 e. The third kappa shape index (κ3) is 2.16. The number of rotatable bonds is 3. The first-order valence-corrected chi connectivity index (χ1v) is 6.55. The number of ether oxygens (including phenoxy) is 1. The highest BCUT2D eigenvalue weighted by molar-refractivity contribution is 5.71. The maximum atomic E-state index is 11.4. The van der Waals surface area contributed by atoms with Gasteiger partial charge in [0.25, 0.3) is 6.47 Å². The molecular weight excluding hydrogens is 232 g/mol. The number of carboxylic acid groups (broad SMARTS) is 1. The topological polar surface area (TPSA) is 63.6 Å². The number of carbonyl (C=O) groups excluding carboxylic acids is 1. The highest BCUT2D eigenvalue weighted by atomic mass is 16.5.